The molecule has 1 aliphatic heterocycles. The Kier molecular flexibility index (Phi) is 4.97. The largest absolute Gasteiger partial charge is 0.497 e. The summed E-state index contributed by atoms with van der Waals surface area (Å²) in [5.41, 5.74) is 2.27. The van der Waals surface area contributed by atoms with Gasteiger partial charge in [-0.05, 0) is 49.2 Å². The lowest BCUT2D eigenvalue weighted by Crippen LogP contribution is -2.23. The van der Waals surface area contributed by atoms with Crippen LogP contribution in [0.1, 0.15) is 41.8 Å². The molecule has 3 heterocycles. The third-order valence-corrected chi connectivity index (χ3v) is 4.85. The Labute approximate surface area is 153 Å². The SMILES string of the molecule is COc1ccc(Cc2cnc([C@H]3CCCN3Cc3ccccn3)o2)cc1. The highest BCUT2D eigenvalue weighted by Crippen LogP contribution is 2.32. The summed E-state index contributed by atoms with van der Waals surface area (Å²) in [6.45, 7) is 1.89. The van der Waals surface area contributed by atoms with E-state index in [0.29, 0.717) is 0 Å². The van der Waals surface area contributed by atoms with Crippen LogP contribution in [-0.2, 0) is 13.0 Å². The van der Waals surface area contributed by atoms with Gasteiger partial charge in [0.05, 0.1) is 25.0 Å². The highest BCUT2D eigenvalue weighted by molar-refractivity contribution is 5.29. The van der Waals surface area contributed by atoms with Crippen molar-refractivity contribution >= 4 is 0 Å². The van der Waals surface area contributed by atoms with Crippen molar-refractivity contribution < 1.29 is 9.15 Å². The van der Waals surface area contributed by atoms with Crippen molar-refractivity contribution in [2.24, 2.45) is 0 Å². The van der Waals surface area contributed by atoms with Gasteiger partial charge in [-0.2, -0.15) is 0 Å². The van der Waals surface area contributed by atoms with Gasteiger partial charge in [0.1, 0.15) is 11.5 Å². The van der Waals surface area contributed by atoms with Gasteiger partial charge in [-0.15, -0.1) is 0 Å². The summed E-state index contributed by atoms with van der Waals surface area (Å²) in [6.07, 6.45) is 6.68. The number of hydrogen-bond donors (Lipinski definition) is 0. The molecule has 0 saturated carbocycles. The molecular formula is C21H23N3O2. The van der Waals surface area contributed by atoms with E-state index in [4.69, 9.17) is 9.15 Å². The smallest absolute Gasteiger partial charge is 0.211 e. The zero-order valence-electron chi connectivity index (χ0n) is 15.0. The van der Waals surface area contributed by atoms with Crippen molar-refractivity contribution in [3.63, 3.8) is 0 Å². The number of hydrogen-bond acceptors (Lipinski definition) is 5. The van der Waals surface area contributed by atoms with E-state index in [9.17, 15) is 0 Å². The average Bonchev–Trinajstić information content (AvgIpc) is 3.32. The van der Waals surface area contributed by atoms with Gasteiger partial charge in [0, 0.05) is 19.2 Å². The van der Waals surface area contributed by atoms with Crippen LogP contribution in [0.5, 0.6) is 5.75 Å². The first-order valence-corrected chi connectivity index (χ1v) is 9.03. The van der Waals surface area contributed by atoms with Gasteiger partial charge in [0.15, 0.2) is 0 Å². The molecule has 0 bridgehead atoms. The minimum atomic E-state index is 0.238. The first kappa shape index (κ1) is 16.8. The molecule has 5 nitrogen and oxygen atoms in total. The van der Waals surface area contributed by atoms with Crippen LogP contribution < -0.4 is 4.74 Å². The fraction of sp³-hybridized carbons (Fsp3) is 0.333. The molecule has 0 spiro atoms. The third-order valence-electron chi connectivity index (χ3n) is 4.85. The molecule has 5 heteroatoms. The fourth-order valence-corrected chi connectivity index (χ4v) is 3.50. The molecule has 1 aliphatic rings. The van der Waals surface area contributed by atoms with Crippen LogP contribution in [0.3, 0.4) is 0 Å². The maximum Gasteiger partial charge on any atom is 0.211 e. The number of ether oxygens (including phenoxy) is 1. The van der Waals surface area contributed by atoms with Crippen molar-refractivity contribution in [3.8, 4) is 5.75 Å². The summed E-state index contributed by atoms with van der Waals surface area (Å²) in [6, 6.07) is 14.3. The van der Waals surface area contributed by atoms with E-state index >= 15 is 0 Å². The van der Waals surface area contributed by atoms with Gasteiger partial charge in [-0.1, -0.05) is 18.2 Å². The van der Waals surface area contributed by atoms with Crippen LogP contribution in [0.15, 0.2) is 59.3 Å². The van der Waals surface area contributed by atoms with Crippen molar-refractivity contribution in [2.45, 2.75) is 31.8 Å². The number of aromatic nitrogens is 2. The topological polar surface area (TPSA) is 51.4 Å². The van der Waals surface area contributed by atoms with E-state index in [0.717, 1.165) is 55.4 Å². The maximum absolute atomic E-state index is 6.09. The lowest BCUT2D eigenvalue weighted by molar-refractivity contribution is 0.210. The van der Waals surface area contributed by atoms with E-state index in [2.05, 4.69) is 33.1 Å². The number of rotatable bonds is 6. The predicted molar refractivity (Wildman–Crippen MR) is 98.9 cm³/mol. The summed E-state index contributed by atoms with van der Waals surface area (Å²) in [4.78, 5) is 11.4. The number of benzene rings is 1. The Morgan fingerprint density at radius 3 is 2.81 bits per heavy atom. The molecule has 2 aromatic heterocycles. The van der Waals surface area contributed by atoms with E-state index in [1.807, 2.05) is 36.7 Å². The van der Waals surface area contributed by atoms with Crippen molar-refractivity contribution in [1.82, 2.24) is 14.9 Å². The molecule has 4 rings (SSSR count). The summed E-state index contributed by atoms with van der Waals surface area (Å²) in [7, 11) is 1.68. The number of methoxy groups -OCH3 is 1. The summed E-state index contributed by atoms with van der Waals surface area (Å²) in [5, 5.41) is 0. The first-order valence-electron chi connectivity index (χ1n) is 9.03. The van der Waals surface area contributed by atoms with Crippen molar-refractivity contribution in [1.29, 1.82) is 0 Å². The molecule has 1 saturated heterocycles. The molecule has 0 amide bonds. The second-order valence-electron chi connectivity index (χ2n) is 6.64. The van der Waals surface area contributed by atoms with E-state index in [1.165, 1.54) is 5.56 Å². The average molecular weight is 349 g/mol. The molecule has 0 N–H and O–H groups in total. The van der Waals surface area contributed by atoms with Crippen LogP contribution in [-0.4, -0.2) is 28.5 Å². The molecule has 1 fully saturated rings. The molecule has 134 valence electrons. The normalized spacial score (nSPS) is 17.5. The monoisotopic (exact) mass is 349 g/mol. The Balaban J connectivity index is 1.44. The van der Waals surface area contributed by atoms with Gasteiger partial charge < -0.3 is 9.15 Å². The summed E-state index contributed by atoms with van der Waals surface area (Å²) >= 11 is 0. The molecule has 1 aromatic carbocycles. The minimum Gasteiger partial charge on any atom is -0.497 e. The molecule has 26 heavy (non-hydrogen) atoms. The third kappa shape index (κ3) is 3.78. The Morgan fingerprint density at radius 2 is 2.04 bits per heavy atom. The molecule has 0 unspecified atom stereocenters. The molecule has 0 radical (unpaired) electrons. The van der Waals surface area contributed by atoms with Crippen LogP contribution in [0.2, 0.25) is 0 Å². The van der Waals surface area contributed by atoms with Crippen LogP contribution in [0.25, 0.3) is 0 Å². The summed E-state index contributed by atoms with van der Waals surface area (Å²) < 4.78 is 11.3. The quantitative estimate of drug-likeness (QED) is 0.673. The lowest BCUT2D eigenvalue weighted by atomic mass is 10.1. The van der Waals surface area contributed by atoms with Gasteiger partial charge in [-0.3, -0.25) is 9.88 Å². The zero-order chi connectivity index (χ0) is 17.8. The van der Waals surface area contributed by atoms with Crippen molar-refractivity contribution in [3.05, 3.63) is 77.8 Å². The lowest BCUT2D eigenvalue weighted by Gasteiger charge is -2.21. The highest BCUT2D eigenvalue weighted by Gasteiger charge is 2.30. The molecular weight excluding hydrogens is 326 g/mol. The first-order chi connectivity index (χ1) is 12.8. The minimum absolute atomic E-state index is 0.238. The highest BCUT2D eigenvalue weighted by atomic mass is 16.5. The standard InChI is InChI=1S/C21H23N3O2/c1-25-18-9-7-16(8-10-18)13-19-14-23-21(26-19)20-6-4-12-24(20)15-17-5-2-3-11-22-17/h2-3,5,7-11,14,20H,4,6,12-13,15H2,1H3/t20-/m1/s1. The molecule has 3 aromatic rings. The predicted octanol–water partition coefficient (Wildman–Crippen LogP) is 4.01. The fourth-order valence-electron chi connectivity index (χ4n) is 3.50. The maximum atomic E-state index is 6.09. The second-order valence-corrected chi connectivity index (χ2v) is 6.64. The van der Waals surface area contributed by atoms with Gasteiger partial charge >= 0.3 is 0 Å². The van der Waals surface area contributed by atoms with Crippen LogP contribution in [0.4, 0.5) is 0 Å². The van der Waals surface area contributed by atoms with Gasteiger partial charge in [0.2, 0.25) is 5.89 Å². The van der Waals surface area contributed by atoms with Crippen LogP contribution >= 0.6 is 0 Å². The second kappa shape index (κ2) is 7.70. The van der Waals surface area contributed by atoms with E-state index < -0.39 is 0 Å². The Morgan fingerprint density at radius 1 is 1.15 bits per heavy atom. The van der Waals surface area contributed by atoms with Gasteiger partial charge in [-0.25, -0.2) is 4.98 Å². The molecule has 0 aliphatic carbocycles. The number of likely N-dealkylation sites (tertiary alicyclic amines) is 1. The number of pyridine rings is 1. The van der Waals surface area contributed by atoms with E-state index in [-0.39, 0.29) is 6.04 Å². The van der Waals surface area contributed by atoms with E-state index in [1.54, 1.807) is 7.11 Å². The Bertz CT molecular complexity index is 830. The number of nitrogens with zero attached hydrogens (tertiary/aromatic N) is 3. The van der Waals surface area contributed by atoms with Gasteiger partial charge in [0.25, 0.3) is 0 Å². The Hall–Kier alpha value is -2.66. The molecule has 1 atom stereocenters. The van der Waals surface area contributed by atoms with Crippen LogP contribution in [0, 0.1) is 0 Å². The summed E-state index contributed by atoms with van der Waals surface area (Å²) in [5.74, 6) is 2.58. The number of oxazole rings is 1. The van der Waals surface area contributed by atoms with Crippen molar-refractivity contribution in [2.75, 3.05) is 13.7 Å². The zero-order valence-corrected chi connectivity index (χ0v) is 15.0.